The monoisotopic (exact) mass is 319 g/mol. The highest BCUT2D eigenvalue weighted by Crippen LogP contribution is 2.28. The molecule has 0 fully saturated rings. The minimum Gasteiger partial charge on any atom is -0.341 e. The molecule has 0 aliphatic carbocycles. The van der Waals surface area contributed by atoms with E-state index >= 15 is 0 Å². The number of hydrogen-bond acceptors (Lipinski definition) is 7. The fourth-order valence-electron chi connectivity index (χ4n) is 2.04. The third-order valence-corrected chi connectivity index (χ3v) is 4.83. The topological polar surface area (TPSA) is 101 Å². The van der Waals surface area contributed by atoms with Gasteiger partial charge in [0, 0.05) is 11.6 Å². The fourth-order valence-corrected chi connectivity index (χ4v) is 3.75. The van der Waals surface area contributed by atoms with Gasteiger partial charge in [-0.2, -0.15) is 5.21 Å². The number of carbonyl (C=O) groups excluding carboxylic acids is 1. The average Bonchev–Trinajstić information content (AvgIpc) is 3.20. The second kappa shape index (κ2) is 4.60. The molecule has 4 rings (SSSR count). The first-order valence-corrected chi connectivity index (χ1v) is 7.81. The van der Waals surface area contributed by atoms with Crippen molar-refractivity contribution in [3.05, 3.63) is 28.3 Å². The molecule has 4 heterocycles. The number of tetrazole rings is 1. The standard InChI is InChI=1S/C11H9N7OS2/c1-5(8-14-16-17-15-8)12-9(19)7-4-6-10(21-7)13-11-18(6)2-3-20-11/h2-5H,1H3,(H,12,19)(H,14,15,16,17). The van der Waals surface area contributed by atoms with E-state index in [2.05, 4.69) is 30.9 Å². The van der Waals surface area contributed by atoms with Crippen molar-refractivity contribution in [3.63, 3.8) is 0 Å². The Bertz CT molecular complexity index is 919. The SMILES string of the molecule is CC(NC(=O)c1cc2c(nc3sccn32)s1)c1nn[nH]n1. The number of aromatic amines is 1. The number of imidazole rings is 1. The summed E-state index contributed by atoms with van der Waals surface area (Å²) >= 11 is 2.95. The first-order chi connectivity index (χ1) is 10.2. The average molecular weight is 319 g/mol. The Kier molecular flexibility index (Phi) is 2.72. The predicted molar refractivity (Wildman–Crippen MR) is 78.5 cm³/mol. The zero-order valence-corrected chi connectivity index (χ0v) is 12.4. The molecule has 10 heteroatoms. The van der Waals surface area contributed by atoms with Crippen molar-refractivity contribution in [2.24, 2.45) is 0 Å². The molecule has 21 heavy (non-hydrogen) atoms. The second-order valence-corrected chi connectivity index (χ2v) is 6.34. The zero-order valence-electron chi connectivity index (χ0n) is 10.8. The number of rotatable bonds is 3. The van der Waals surface area contributed by atoms with E-state index in [1.807, 2.05) is 22.0 Å². The first-order valence-electron chi connectivity index (χ1n) is 6.11. The largest absolute Gasteiger partial charge is 0.341 e. The molecule has 0 bridgehead atoms. The Labute approximate surface area is 125 Å². The highest BCUT2D eigenvalue weighted by Gasteiger charge is 2.18. The summed E-state index contributed by atoms with van der Waals surface area (Å²) < 4.78 is 1.98. The molecule has 8 nitrogen and oxygen atoms in total. The number of nitrogens with one attached hydrogen (secondary N) is 2. The molecule has 0 saturated carbocycles. The Balaban J connectivity index is 1.63. The quantitative estimate of drug-likeness (QED) is 0.597. The Hall–Kier alpha value is -2.33. The number of H-pyrrole nitrogens is 1. The van der Waals surface area contributed by atoms with Crippen LogP contribution in [0.4, 0.5) is 0 Å². The van der Waals surface area contributed by atoms with Crippen molar-refractivity contribution in [3.8, 4) is 0 Å². The summed E-state index contributed by atoms with van der Waals surface area (Å²) in [5.41, 5.74) is 0.952. The third kappa shape index (κ3) is 1.99. The molecule has 0 aliphatic heterocycles. The van der Waals surface area contributed by atoms with Crippen LogP contribution in [0, 0.1) is 0 Å². The highest BCUT2D eigenvalue weighted by atomic mass is 32.1. The number of hydrogen-bond donors (Lipinski definition) is 2. The van der Waals surface area contributed by atoms with Gasteiger partial charge in [0.2, 0.25) is 0 Å². The van der Waals surface area contributed by atoms with E-state index in [1.165, 1.54) is 11.3 Å². The zero-order chi connectivity index (χ0) is 14.4. The fraction of sp³-hybridized carbons (Fsp3) is 0.182. The molecular weight excluding hydrogens is 310 g/mol. The van der Waals surface area contributed by atoms with E-state index in [0.29, 0.717) is 10.7 Å². The van der Waals surface area contributed by atoms with Crippen LogP contribution in [-0.4, -0.2) is 35.9 Å². The van der Waals surface area contributed by atoms with Gasteiger partial charge in [0.25, 0.3) is 5.91 Å². The van der Waals surface area contributed by atoms with Crippen LogP contribution in [0.2, 0.25) is 0 Å². The summed E-state index contributed by atoms with van der Waals surface area (Å²) in [5, 5.41) is 18.4. The first kappa shape index (κ1) is 12.4. The van der Waals surface area contributed by atoms with Crippen molar-refractivity contribution < 1.29 is 4.79 Å². The summed E-state index contributed by atoms with van der Waals surface area (Å²) in [5.74, 6) is 0.283. The van der Waals surface area contributed by atoms with E-state index in [-0.39, 0.29) is 11.9 Å². The molecule has 0 spiro atoms. The van der Waals surface area contributed by atoms with Crippen molar-refractivity contribution >= 4 is 43.9 Å². The van der Waals surface area contributed by atoms with Gasteiger partial charge in [-0.1, -0.05) is 5.21 Å². The van der Waals surface area contributed by atoms with Crippen molar-refractivity contribution in [2.75, 3.05) is 0 Å². The van der Waals surface area contributed by atoms with Crippen LogP contribution in [0.15, 0.2) is 17.6 Å². The van der Waals surface area contributed by atoms with Crippen LogP contribution >= 0.6 is 22.7 Å². The maximum atomic E-state index is 12.3. The number of thiophene rings is 1. The third-order valence-electron chi connectivity index (χ3n) is 3.06. The molecule has 1 atom stereocenters. The molecular formula is C11H9N7OS2. The number of nitrogens with zero attached hydrogens (tertiary/aromatic N) is 5. The maximum Gasteiger partial charge on any atom is 0.262 e. The summed E-state index contributed by atoms with van der Waals surface area (Å²) in [7, 11) is 0. The van der Waals surface area contributed by atoms with Crippen LogP contribution in [-0.2, 0) is 0 Å². The van der Waals surface area contributed by atoms with Gasteiger partial charge in [-0.05, 0) is 13.0 Å². The molecule has 106 valence electrons. The molecule has 0 saturated heterocycles. The summed E-state index contributed by atoms with van der Waals surface area (Å²) in [6, 6.07) is 1.54. The minimum absolute atomic E-state index is 0.167. The Morgan fingerprint density at radius 1 is 1.52 bits per heavy atom. The smallest absolute Gasteiger partial charge is 0.262 e. The van der Waals surface area contributed by atoms with E-state index in [1.54, 1.807) is 18.3 Å². The lowest BCUT2D eigenvalue weighted by molar-refractivity contribution is 0.0942. The van der Waals surface area contributed by atoms with E-state index in [0.717, 1.165) is 15.3 Å². The van der Waals surface area contributed by atoms with Crippen LogP contribution in [0.5, 0.6) is 0 Å². The summed E-state index contributed by atoms with van der Waals surface area (Å²) in [6.45, 7) is 1.81. The van der Waals surface area contributed by atoms with Crippen LogP contribution in [0.3, 0.4) is 0 Å². The number of amides is 1. The minimum atomic E-state index is -0.311. The van der Waals surface area contributed by atoms with Crippen LogP contribution in [0.25, 0.3) is 15.3 Å². The molecule has 4 aromatic heterocycles. The number of carbonyl (C=O) groups is 1. The number of fused-ring (bicyclic) bond motifs is 3. The van der Waals surface area contributed by atoms with Crippen molar-refractivity contribution in [1.29, 1.82) is 0 Å². The normalized spacial score (nSPS) is 13.0. The van der Waals surface area contributed by atoms with Gasteiger partial charge in [0.15, 0.2) is 10.8 Å². The van der Waals surface area contributed by atoms with Gasteiger partial charge in [-0.25, -0.2) is 4.98 Å². The molecule has 0 aromatic carbocycles. The van der Waals surface area contributed by atoms with Gasteiger partial charge in [0.1, 0.15) is 4.83 Å². The molecule has 4 aromatic rings. The maximum absolute atomic E-state index is 12.3. The lowest BCUT2D eigenvalue weighted by Crippen LogP contribution is -2.26. The van der Waals surface area contributed by atoms with Crippen molar-refractivity contribution in [2.45, 2.75) is 13.0 Å². The molecule has 0 radical (unpaired) electrons. The van der Waals surface area contributed by atoms with Gasteiger partial charge >= 0.3 is 0 Å². The number of thiazole rings is 1. The van der Waals surface area contributed by atoms with Crippen LogP contribution < -0.4 is 5.32 Å². The molecule has 1 unspecified atom stereocenters. The van der Waals surface area contributed by atoms with Crippen molar-refractivity contribution in [1.82, 2.24) is 35.3 Å². The van der Waals surface area contributed by atoms with Gasteiger partial charge in [-0.3, -0.25) is 9.20 Å². The van der Waals surface area contributed by atoms with Gasteiger partial charge < -0.3 is 5.32 Å². The molecule has 0 aliphatic rings. The summed E-state index contributed by atoms with van der Waals surface area (Å²) in [4.78, 5) is 19.2. The van der Waals surface area contributed by atoms with E-state index in [9.17, 15) is 4.79 Å². The predicted octanol–water partition coefficient (Wildman–Crippen LogP) is 1.61. The van der Waals surface area contributed by atoms with E-state index < -0.39 is 0 Å². The van der Waals surface area contributed by atoms with Crippen LogP contribution in [0.1, 0.15) is 28.5 Å². The molecule has 2 N–H and O–H groups in total. The molecule has 1 amide bonds. The Morgan fingerprint density at radius 3 is 3.24 bits per heavy atom. The lowest BCUT2D eigenvalue weighted by Gasteiger charge is -2.08. The summed E-state index contributed by atoms with van der Waals surface area (Å²) in [6.07, 6.45) is 1.95. The lowest BCUT2D eigenvalue weighted by atomic mass is 10.3. The highest BCUT2D eigenvalue weighted by molar-refractivity contribution is 7.21. The van der Waals surface area contributed by atoms with E-state index in [4.69, 9.17) is 0 Å². The number of aromatic nitrogens is 6. The van der Waals surface area contributed by atoms with Gasteiger partial charge in [-0.15, -0.1) is 32.9 Å². The second-order valence-electron chi connectivity index (χ2n) is 4.43. The van der Waals surface area contributed by atoms with Gasteiger partial charge in [0.05, 0.1) is 16.4 Å². The Morgan fingerprint density at radius 2 is 2.43 bits per heavy atom.